The molecule has 0 heterocycles. The largest absolute Gasteiger partial charge is 0.462 e. The van der Waals surface area contributed by atoms with E-state index in [-0.39, 0.29) is 31.1 Å². The first-order valence-corrected chi connectivity index (χ1v) is 28.7. The maximum Gasteiger partial charge on any atom is 0.306 e. The molecule has 0 radical (unpaired) electrons. The zero-order valence-electron chi connectivity index (χ0n) is 45.0. The second-order valence-electron chi connectivity index (χ2n) is 18.8. The molecule has 0 aliphatic carbocycles. The number of ether oxygens (including phenoxy) is 3. The van der Waals surface area contributed by atoms with Crippen LogP contribution in [0, 0.1) is 0 Å². The summed E-state index contributed by atoms with van der Waals surface area (Å²) < 4.78 is 16.8. The van der Waals surface area contributed by atoms with Crippen molar-refractivity contribution in [2.45, 2.75) is 271 Å². The summed E-state index contributed by atoms with van der Waals surface area (Å²) >= 11 is 0. The Hall–Kier alpha value is -3.67. The monoisotopic (exact) mass is 959 g/mol. The second-order valence-corrected chi connectivity index (χ2v) is 18.8. The molecule has 1 atom stereocenters. The zero-order chi connectivity index (χ0) is 50.0. The van der Waals surface area contributed by atoms with E-state index >= 15 is 0 Å². The molecule has 0 aromatic heterocycles. The number of carbonyl (C=O) groups excluding carboxylic acids is 3. The Balaban J connectivity index is 4.46. The van der Waals surface area contributed by atoms with E-state index in [0.29, 0.717) is 19.3 Å². The van der Waals surface area contributed by atoms with Gasteiger partial charge in [-0.15, -0.1) is 0 Å². The number of unbranched alkanes of at least 4 members (excludes halogenated alkanes) is 24. The number of rotatable bonds is 51. The number of esters is 3. The van der Waals surface area contributed by atoms with Gasteiger partial charge in [0.25, 0.3) is 0 Å². The second kappa shape index (κ2) is 56.9. The van der Waals surface area contributed by atoms with Crippen LogP contribution in [0.4, 0.5) is 0 Å². The highest BCUT2D eigenvalue weighted by atomic mass is 16.6. The number of allylic oxidation sites excluding steroid dienone is 16. The Labute approximate surface area is 426 Å². The molecule has 0 unspecified atom stereocenters. The Kier molecular flexibility index (Phi) is 53.9. The lowest BCUT2D eigenvalue weighted by Gasteiger charge is -2.18. The van der Waals surface area contributed by atoms with E-state index in [2.05, 4.69) is 118 Å². The van der Waals surface area contributed by atoms with Crippen molar-refractivity contribution < 1.29 is 28.6 Å². The Morgan fingerprint density at radius 1 is 0.304 bits per heavy atom. The van der Waals surface area contributed by atoms with E-state index in [0.717, 1.165) is 122 Å². The molecule has 0 saturated carbocycles. The van der Waals surface area contributed by atoms with E-state index in [1.807, 2.05) is 0 Å². The topological polar surface area (TPSA) is 78.9 Å². The van der Waals surface area contributed by atoms with E-state index in [9.17, 15) is 14.4 Å². The SMILES string of the molecule is CC/C=C\C/C=C\C/C=C\C/C=C\CCCCCCC(=O)OC[C@H](COC(=O)CCCC/C=C\C/C=C\C/C=C\C/C=C\CC)OC(=O)CCCCCCCCCCCCCCCCCCCCC. The van der Waals surface area contributed by atoms with Crippen molar-refractivity contribution in [3.63, 3.8) is 0 Å². The molecule has 0 saturated heterocycles. The normalized spacial score (nSPS) is 12.8. The summed E-state index contributed by atoms with van der Waals surface area (Å²) in [6.07, 6.45) is 75.4. The first-order valence-electron chi connectivity index (χ1n) is 28.7. The Morgan fingerprint density at radius 2 is 0.565 bits per heavy atom. The molecule has 0 aromatic rings. The van der Waals surface area contributed by atoms with Gasteiger partial charge < -0.3 is 14.2 Å². The zero-order valence-corrected chi connectivity index (χ0v) is 45.0. The van der Waals surface area contributed by atoms with Gasteiger partial charge in [0.15, 0.2) is 6.10 Å². The summed E-state index contributed by atoms with van der Waals surface area (Å²) in [6.45, 7) is 6.37. The van der Waals surface area contributed by atoms with Gasteiger partial charge in [0.05, 0.1) is 0 Å². The van der Waals surface area contributed by atoms with Gasteiger partial charge in [0, 0.05) is 19.3 Å². The lowest BCUT2D eigenvalue weighted by atomic mass is 10.0. The van der Waals surface area contributed by atoms with Crippen LogP contribution in [0.15, 0.2) is 97.2 Å². The van der Waals surface area contributed by atoms with Crippen LogP contribution in [-0.2, 0) is 28.6 Å². The third-order valence-electron chi connectivity index (χ3n) is 12.1. The third-order valence-corrected chi connectivity index (χ3v) is 12.1. The summed E-state index contributed by atoms with van der Waals surface area (Å²) in [5.74, 6) is -0.960. The smallest absolute Gasteiger partial charge is 0.306 e. The first kappa shape index (κ1) is 65.3. The molecule has 0 rings (SSSR count). The van der Waals surface area contributed by atoms with Crippen LogP contribution in [0.5, 0.6) is 0 Å². The highest BCUT2D eigenvalue weighted by molar-refractivity contribution is 5.71. The standard InChI is InChI=1S/C63H106O6/c1-4-7-10-13-16-19-22-25-28-30-31-33-36-39-42-45-48-51-54-57-63(66)69-60(58-67-61(64)55-52-49-46-43-40-37-34-27-24-21-18-15-12-9-6-3)59-68-62(65)56-53-50-47-44-41-38-35-32-29-26-23-20-17-14-11-8-5-2/h8-9,11-12,17-18,20-21,26-27,29,34-35,38,40,43,60H,4-7,10,13-16,19,22-25,28,30-33,36-37,39,41-42,44-59H2,1-3H3/b11-8-,12-9-,20-17-,21-18-,29-26-,34-27-,38-35-,43-40-/t60-/m0/s1. The molecule has 0 amide bonds. The summed E-state index contributed by atoms with van der Waals surface area (Å²) in [4.78, 5) is 38.2. The van der Waals surface area contributed by atoms with Gasteiger partial charge in [-0.2, -0.15) is 0 Å². The van der Waals surface area contributed by atoms with Crippen molar-refractivity contribution in [2.24, 2.45) is 0 Å². The van der Waals surface area contributed by atoms with Crippen molar-refractivity contribution in [1.82, 2.24) is 0 Å². The molecular formula is C63H106O6. The van der Waals surface area contributed by atoms with Gasteiger partial charge in [0.2, 0.25) is 0 Å². The van der Waals surface area contributed by atoms with Gasteiger partial charge in [-0.1, -0.05) is 246 Å². The van der Waals surface area contributed by atoms with E-state index in [1.165, 1.54) is 103 Å². The number of hydrogen-bond donors (Lipinski definition) is 0. The Morgan fingerprint density at radius 3 is 0.913 bits per heavy atom. The fraction of sp³-hybridized carbons (Fsp3) is 0.698. The van der Waals surface area contributed by atoms with Gasteiger partial charge in [-0.25, -0.2) is 0 Å². The molecule has 0 aliphatic rings. The third kappa shape index (κ3) is 55.1. The Bertz CT molecular complexity index is 1380. The lowest BCUT2D eigenvalue weighted by molar-refractivity contribution is -0.167. The minimum atomic E-state index is -0.804. The molecule has 6 nitrogen and oxygen atoms in total. The highest BCUT2D eigenvalue weighted by Gasteiger charge is 2.19. The van der Waals surface area contributed by atoms with Gasteiger partial charge in [-0.3, -0.25) is 14.4 Å². The molecule has 394 valence electrons. The van der Waals surface area contributed by atoms with Crippen LogP contribution in [0.2, 0.25) is 0 Å². The summed E-state index contributed by atoms with van der Waals surface area (Å²) in [5.41, 5.74) is 0. The van der Waals surface area contributed by atoms with Crippen molar-refractivity contribution in [1.29, 1.82) is 0 Å². The average Bonchev–Trinajstić information content (AvgIpc) is 3.35. The molecule has 0 aromatic carbocycles. The van der Waals surface area contributed by atoms with Gasteiger partial charge in [0.1, 0.15) is 13.2 Å². The number of hydrogen-bond acceptors (Lipinski definition) is 6. The molecule has 0 spiro atoms. The molecule has 0 N–H and O–H groups in total. The maximum atomic E-state index is 12.9. The molecule has 69 heavy (non-hydrogen) atoms. The van der Waals surface area contributed by atoms with Crippen LogP contribution in [-0.4, -0.2) is 37.2 Å². The van der Waals surface area contributed by atoms with Crippen molar-refractivity contribution in [2.75, 3.05) is 13.2 Å². The predicted octanol–water partition coefficient (Wildman–Crippen LogP) is 19.3. The highest BCUT2D eigenvalue weighted by Crippen LogP contribution is 2.16. The quantitative estimate of drug-likeness (QED) is 0.0262. The van der Waals surface area contributed by atoms with Gasteiger partial charge >= 0.3 is 17.9 Å². The lowest BCUT2D eigenvalue weighted by Crippen LogP contribution is -2.30. The summed E-state index contributed by atoms with van der Waals surface area (Å²) in [5, 5.41) is 0. The fourth-order valence-corrected chi connectivity index (χ4v) is 7.84. The number of carbonyl (C=O) groups is 3. The summed E-state index contributed by atoms with van der Waals surface area (Å²) in [7, 11) is 0. The average molecular weight is 960 g/mol. The van der Waals surface area contributed by atoms with Gasteiger partial charge in [-0.05, 0) is 96.3 Å². The van der Waals surface area contributed by atoms with E-state index in [1.54, 1.807) is 0 Å². The molecule has 0 fully saturated rings. The van der Waals surface area contributed by atoms with Crippen LogP contribution in [0.3, 0.4) is 0 Å². The molecule has 0 aliphatic heterocycles. The van der Waals surface area contributed by atoms with Crippen molar-refractivity contribution in [3.05, 3.63) is 97.2 Å². The first-order chi connectivity index (χ1) is 34.0. The van der Waals surface area contributed by atoms with Crippen LogP contribution in [0.25, 0.3) is 0 Å². The molecular weight excluding hydrogens is 853 g/mol. The van der Waals surface area contributed by atoms with Crippen LogP contribution in [0.1, 0.15) is 265 Å². The van der Waals surface area contributed by atoms with Crippen molar-refractivity contribution in [3.8, 4) is 0 Å². The minimum absolute atomic E-state index is 0.102. The molecule has 6 heteroatoms. The fourth-order valence-electron chi connectivity index (χ4n) is 7.84. The van der Waals surface area contributed by atoms with Crippen molar-refractivity contribution >= 4 is 17.9 Å². The van der Waals surface area contributed by atoms with E-state index < -0.39 is 6.10 Å². The molecule has 0 bridgehead atoms. The minimum Gasteiger partial charge on any atom is -0.462 e. The van der Waals surface area contributed by atoms with Crippen LogP contribution >= 0.6 is 0 Å². The van der Waals surface area contributed by atoms with E-state index in [4.69, 9.17) is 14.2 Å². The predicted molar refractivity (Wildman–Crippen MR) is 297 cm³/mol. The maximum absolute atomic E-state index is 12.9. The summed E-state index contributed by atoms with van der Waals surface area (Å²) in [6, 6.07) is 0. The van der Waals surface area contributed by atoms with Crippen LogP contribution < -0.4 is 0 Å².